The highest BCUT2D eigenvalue weighted by molar-refractivity contribution is 4.82. The van der Waals surface area contributed by atoms with Crippen LogP contribution in [0.1, 0.15) is 13.8 Å². The number of nitrogens with zero attached hydrogens (tertiary/aromatic N) is 4. The highest BCUT2D eigenvalue weighted by atomic mass is 15.4. The first-order valence-electron chi connectivity index (χ1n) is 6.76. The van der Waals surface area contributed by atoms with E-state index < -0.39 is 0 Å². The van der Waals surface area contributed by atoms with Crippen molar-refractivity contribution in [1.82, 2.24) is 19.6 Å². The minimum Gasteiger partial charge on any atom is -0.292 e. The average Bonchev–Trinajstić information content (AvgIpc) is 2.74. The summed E-state index contributed by atoms with van der Waals surface area (Å²) < 4.78 is 0. The Morgan fingerprint density at radius 3 is 1.47 bits per heavy atom. The molecule has 0 radical (unpaired) electrons. The lowest BCUT2D eigenvalue weighted by Crippen LogP contribution is -2.41. The van der Waals surface area contributed by atoms with Crippen LogP contribution in [0.3, 0.4) is 0 Å². The van der Waals surface area contributed by atoms with Gasteiger partial charge in [-0.2, -0.15) is 0 Å². The van der Waals surface area contributed by atoms with Gasteiger partial charge in [-0.25, -0.2) is 0 Å². The lowest BCUT2D eigenvalue weighted by Gasteiger charge is -2.33. The first-order chi connectivity index (χ1) is 7.94. The molecule has 0 aromatic rings. The number of rotatable bonds is 4. The highest BCUT2D eigenvalue weighted by Gasteiger charge is 2.29. The van der Waals surface area contributed by atoms with Crippen molar-refractivity contribution in [2.75, 3.05) is 66.7 Å². The number of likely N-dealkylation sites (N-methyl/N-ethyl adjacent to an activating group) is 2. The van der Waals surface area contributed by atoms with Crippen molar-refractivity contribution in [3.63, 3.8) is 0 Å². The molecular formula is C13H28N4. The average molecular weight is 240 g/mol. The molecule has 2 fully saturated rings. The van der Waals surface area contributed by atoms with Crippen LogP contribution in [0.25, 0.3) is 0 Å². The molecule has 0 atom stereocenters. The summed E-state index contributed by atoms with van der Waals surface area (Å²) in [6, 6.07) is 0. The molecule has 2 aliphatic heterocycles. The van der Waals surface area contributed by atoms with E-state index in [1.807, 2.05) is 0 Å². The molecule has 0 unspecified atom stereocenters. The molecule has 4 nitrogen and oxygen atoms in total. The second kappa shape index (κ2) is 5.22. The van der Waals surface area contributed by atoms with Crippen LogP contribution < -0.4 is 0 Å². The van der Waals surface area contributed by atoms with Crippen molar-refractivity contribution in [3.8, 4) is 0 Å². The smallest absolute Gasteiger partial charge is 0.0504 e. The van der Waals surface area contributed by atoms with E-state index in [2.05, 4.69) is 47.5 Å². The van der Waals surface area contributed by atoms with Crippen molar-refractivity contribution < 1.29 is 0 Å². The van der Waals surface area contributed by atoms with E-state index >= 15 is 0 Å². The topological polar surface area (TPSA) is 13.0 Å². The van der Waals surface area contributed by atoms with Crippen molar-refractivity contribution in [3.05, 3.63) is 0 Å². The molecule has 2 aliphatic rings. The third-order valence-corrected chi connectivity index (χ3v) is 3.78. The molecule has 0 bridgehead atoms. The molecule has 17 heavy (non-hydrogen) atoms. The minimum absolute atomic E-state index is 0.399. The third kappa shape index (κ3) is 3.91. The van der Waals surface area contributed by atoms with Gasteiger partial charge in [-0.1, -0.05) is 13.8 Å². The molecule has 0 aromatic carbocycles. The van der Waals surface area contributed by atoms with Crippen molar-refractivity contribution in [2.45, 2.75) is 13.8 Å². The second-order valence-corrected chi connectivity index (χ2v) is 6.71. The quantitative estimate of drug-likeness (QED) is 0.706. The van der Waals surface area contributed by atoms with Gasteiger partial charge in [-0.15, -0.1) is 0 Å². The molecule has 0 aromatic heterocycles. The maximum absolute atomic E-state index is 2.58. The van der Waals surface area contributed by atoms with Gasteiger partial charge in [0.1, 0.15) is 0 Å². The Bertz CT molecular complexity index is 230. The molecule has 0 aliphatic carbocycles. The monoisotopic (exact) mass is 240 g/mol. The van der Waals surface area contributed by atoms with Gasteiger partial charge in [0.05, 0.1) is 13.3 Å². The fraction of sp³-hybridized carbons (Fsp3) is 1.00. The summed E-state index contributed by atoms with van der Waals surface area (Å²) in [6.45, 7) is 14.5. The molecule has 0 amide bonds. The Balaban J connectivity index is 1.77. The van der Waals surface area contributed by atoms with Gasteiger partial charge in [0.2, 0.25) is 0 Å². The molecule has 0 saturated carbocycles. The maximum atomic E-state index is 2.58. The summed E-state index contributed by atoms with van der Waals surface area (Å²) in [5.41, 5.74) is 0.399. The van der Waals surface area contributed by atoms with Crippen LogP contribution >= 0.6 is 0 Å². The second-order valence-electron chi connectivity index (χ2n) is 6.71. The van der Waals surface area contributed by atoms with Crippen LogP contribution in [0.4, 0.5) is 0 Å². The zero-order chi connectivity index (χ0) is 12.5. The van der Waals surface area contributed by atoms with E-state index in [0.717, 1.165) is 13.3 Å². The van der Waals surface area contributed by atoms with E-state index in [1.165, 1.54) is 39.3 Å². The van der Waals surface area contributed by atoms with E-state index in [0.29, 0.717) is 5.41 Å². The SMILES string of the molecule is CN1CCN(CC(C)(C)CN2CCN(C)C2)C1. The summed E-state index contributed by atoms with van der Waals surface area (Å²) in [5.74, 6) is 0. The minimum atomic E-state index is 0.399. The van der Waals surface area contributed by atoms with Crippen LogP contribution in [0.2, 0.25) is 0 Å². The van der Waals surface area contributed by atoms with Crippen LogP contribution in [-0.2, 0) is 0 Å². The van der Waals surface area contributed by atoms with E-state index in [1.54, 1.807) is 0 Å². The Hall–Kier alpha value is -0.160. The summed E-state index contributed by atoms with van der Waals surface area (Å²) in [5, 5.41) is 0. The molecule has 0 spiro atoms. The lowest BCUT2D eigenvalue weighted by molar-refractivity contribution is 0.130. The zero-order valence-electron chi connectivity index (χ0n) is 11.9. The van der Waals surface area contributed by atoms with Gasteiger partial charge in [-0.05, 0) is 19.5 Å². The normalized spacial score (nSPS) is 26.1. The van der Waals surface area contributed by atoms with E-state index in [9.17, 15) is 0 Å². The van der Waals surface area contributed by atoms with Crippen LogP contribution in [0.5, 0.6) is 0 Å². The Kier molecular flexibility index (Phi) is 4.08. The molecule has 0 N–H and O–H groups in total. The van der Waals surface area contributed by atoms with Crippen LogP contribution in [-0.4, -0.2) is 86.3 Å². The molecule has 4 heteroatoms. The summed E-state index contributed by atoms with van der Waals surface area (Å²) in [6.07, 6.45) is 0. The third-order valence-electron chi connectivity index (χ3n) is 3.78. The summed E-state index contributed by atoms with van der Waals surface area (Å²) in [4.78, 5) is 9.97. The molecular weight excluding hydrogens is 212 g/mol. The Morgan fingerprint density at radius 2 is 1.18 bits per heavy atom. The van der Waals surface area contributed by atoms with Crippen molar-refractivity contribution in [1.29, 1.82) is 0 Å². The van der Waals surface area contributed by atoms with Gasteiger partial charge in [0.15, 0.2) is 0 Å². The van der Waals surface area contributed by atoms with E-state index in [4.69, 9.17) is 0 Å². The first kappa shape index (κ1) is 13.3. The van der Waals surface area contributed by atoms with Crippen molar-refractivity contribution >= 4 is 0 Å². The predicted molar refractivity (Wildman–Crippen MR) is 71.9 cm³/mol. The summed E-state index contributed by atoms with van der Waals surface area (Å²) >= 11 is 0. The summed E-state index contributed by atoms with van der Waals surface area (Å²) in [7, 11) is 4.42. The largest absolute Gasteiger partial charge is 0.292 e. The fourth-order valence-corrected chi connectivity index (χ4v) is 3.11. The number of hydrogen-bond acceptors (Lipinski definition) is 4. The van der Waals surface area contributed by atoms with Gasteiger partial charge in [-0.3, -0.25) is 19.6 Å². The molecule has 100 valence electrons. The standard InChI is InChI=1S/C13H28N4/c1-13(2,9-16-7-5-14(3)11-16)10-17-8-6-15(4)12-17/h5-12H2,1-4H3. The van der Waals surface area contributed by atoms with E-state index in [-0.39, 0.29) is 0 Å². The van der Waals surface area contributed by atoms with Crippen LogP contribution in [0.15, 0.2) is 0 Å². The Morgan fingerprint density at radius 1 is 0.765 bits per heavy atom. The maximum Gasteiger partial charge on any atom is 0.0504 e. The zero-order valence-corrected chi connectivity index (χ0v) is 11.9. The molecule has 2 rings (SSSR count). The number of hydrogen-bond donors (Lipinski definition) is 0. The van der Waals surface area contributed by atoms with Gasteiger partial charge < -0.3 is 0 Å². The Labute approximate surface area is 106 Å². The van der Waals surface area contributed by atoms with Crippen LogP contribution in [0, 0.1) is 5.41 Å². The molecule has 2 saturated heterocycles. The molecule has 2 heterocycles. The van der Waals surface area contributed by atoms with Crippen molar-refractivity contribution in [2.24, 2.45) is 5.41 Å². The van der Waals surface area contributed by atoms with Gasteiger partial charge in [0.25, 0.3) is 0 Å². The van der Waals surface area contributed by atoms with Gasteiger partial charge >= 0.3 is 0 Å². The predicted octanol–water partition coefficient (Wildman–Crippen LogP) is 0.422. The fourth-order valence-electron chi connectivity index (χ4n) is 3.11. The first-order valence-corrected chi connectivity index (χ1v) is 6.76. The highest BCUT2D eigenvalue weighted by Crippen LogP contribution is 2.21. The lowest BCUT2D eigenvalue weighted by atomic mass is 9.92. The van der Waals surface area contributed by atoms with Gasteiger partial charge in [0, 0.05) is 39.3 Å².